The van der Waals surface area contributed by atoms with E-state index in [0.29, 0.717) is 18.2 Å². The Morgan fingerprint density at radius 1 is 1.16 bits per heavy atom. The number of nitrogens with zero attached hydrogens (tertiary/aromatic N) is 3. The summed E-state index contributed by atoms with van der Waals surface area (Å²) in [6.07, 6.45) is 4.25. The zero-order valence-electron chi connectivity index (χ0n) is 17.3. The van der Waals surface area contributed by atoms with Gasteiger partial charge in [-0.15, -0.1) is 0 Å². The van der Waals surface area contributed by atoms with Crippen molar-refractivity contribution < 1.29 is 14.7 Å². The largest absolute Gasteiger partial charge is 0.394 e. The lowest BCUT2D eigenvalue weighted by atomic mass is 9.73. The van der Waals surface area contributed by atoms with Gasteiger partial charge in [0.1, 0.15) is 0 Å². The summed E-state index contributed by atoms with van der Waals surface area (Å²) in [5, 5.41) is 9.95. The second-order valence-electron chi connectivity index (χ2n) is 8.58. The van der Waals surface area contributed by atoms with Gasteiger partial charge in [-0.1, -0.05) is 30.0 Å². The minimum Gasteiger partial charge on any atom is -0.394 e. The summed E-state index contributed by atoms with van der Waals surface area (Å²) in [5.41, 5.74) is 2.76. The predicted molar refractivity (Wildman–Crippen MR) is 115 cm³/mol. The molecule has 2 amide bonds. The molecule has 1 N–H and O–H groups in total. The number of rotatable bonds is 4. The van der Waals surface area contributed by atoms with E-state index >= 15 is 0 Å². The van der Waals surface area contributed by atoms with Crippen LogP contribution >= 0.6 is 0 Å². The molecule has 158 valence electrons. The van der Waals surface area contributed by atoms with E-state index < -0.39 is 0 Å². The molecule has 6 heteroatoms. The number of hydrogen-bond acceptors (Lipinski definition) is 4. The molecule has 2 aliphatic heterocycles. The first-order valence-electron chi connectivity index (χ1n) is 10.9. The number of pyridine rings is 1. The van der Waals surface area contributed by atoms with E-state index in [9.17, 15) is 14.7 Å². The van der Waals surface area contributed by atoms with E-state index in [2.05, 4.69) is 16.8 Å². The molecule has 0 radical (unpaired) electrons. The molecular formula is C25H25N3O3. The number of carbonyl (C=O) groups is 2. The summed E-state index contributed by atoms with van der Waals surface area (Å²) in [5.74, 6) is 6.85. The van der Waals surface area contributed by atoms with E-state index in [4.69, 9.17) is 0 Å². The van der Waals surface area contributed by atoms with Gasteiger partial charge in [-0.3, -0.25) is 14.6 Å². The Hall–Kier alpha value is -3.17. The van der Waals surface area contributed by atoms with Crippen LogP contribution in [0.15, 0.2) is 48.7 Å². The van der Waals surface area contributed by atoms with Crippen LogP contribution in [-0.4, -0.2) is 63.5 Å². The molecule has 1 aliphatic carbocycles. The number of benzene rings is 1. The van der Waals surface area contributed by atoms with Crippen molar-refractivity contribution in [2.24, 2.45) is 5.92 Å². The maximum Gasteiger partial charge on any atom is 0.242 e. The quantitative estimate of drug-likeness (QED) is 0.770. The van der Waals surface area contributed by atoms with E-state index in [-0.39, 0.29) is 49.4 Å². The Labute approximate surface area is 181 Å². The van der Waals surface area contributed by atoms with Gasteiger partial charge in [-0.05, 0) is 42.7 Å². The summed E-state index contributed by atoms with van der Waals surface area (Å²) >= 11 is 0. The normalized spacial score (nSPS) is 24.7. The molecule has 0 unspecified atom stereocenters. The van der Waals surface area contributed by atoms with Crippen LogP contribution in [0.5, 0.6) is 0 Å². The van der Waals surface area contributed by atoms with Crippen molar-refractivity contribution in [3.8, 4) is 11.8 Å². The smallest absolute Gasteiger partial charge is 0.242 e. The first kappa shape index (κ1) is 19.8. The van der Waals surface area contributed by atoms with Crippen molar-refractivity contribution in [2.45, 2.75) is 37.3 Å². The molecule has 3 atom stereocenters. The second-order valence-corrected chi connectivity index (χ2v) is 8.58. The third kappa shape index (κ3) is 3.94. The molecule has 2 aromatic rings. The first-order valence-corrected chi connectivity index (χ1v) is 10.9. The lowest BCUT2D eigenvalue weighted by Crippen LogP contribution is -2.73. The number of aliphatic hydroxyl groups excluding tert-OH is 1. The Bertz CT molecular complexity index is 1040. The molecule has 2 saturated heterocycles. The lowest BCUT2D eigenvalue weighted by molar-refractivity contribution is -0.166. The van der Waals surface area contributed by atoms with Gasteiger partial charge in [-0.2, -0.15) is 0 Å². The highest BCUT2D eigenvalue weighted by molar-refractivity contribution is 5.88. The number of aliphatic hydroxyl groups is 1. The van der Waals surface area contributed by atoms with E-state index in [1.54, 1.807) is 16.0 Å². The molecule has 5 rings (SSSR count). The molecule has 0 spiro atoms. The molecular weight excluding hydrogens is 390 g/mol. The fourth-order valence-corrected chi connectivity index (χ4v) is 4.66. The van der Waals surface area contributed by atoms with Gasteiger partial charge in [0, 0.05) is 35.8 Å². The number of piperazine rings is 1. The molecule has 31 heavy (non-hydrogen) atoms. The van der Waals surface area contributed by atoms with Crippen LogP contribution in [0.1, 0.15) is 35.6 Å². The average Bonchev–Trinajstić information content (AvgIpc) is 3.60. The Morgan fingerprint density at radius 3 is 2.65 bits per heavy atom. The van der Waals surface area contributed by atoms with Gasteiger partial charge in [0.2, 0.25) is 11.8 Å². The third-order valence-corrected chi connectivity index (χ3v) is 6.46. The maximum atomic E-state index is 12.8. The molecule has 3 aliphatic rings. The highest BCUT2D eigenvalue weighted by atomic mass is 16.3. The van der Waals surface area contributed by atoms with Gasteiger partial charge < -0.3 is 14.9 Å². The second kappa shape index (κ2) is 8.16. The van der Waals surface area contributed by atoms with Gasteiger partial charge in [-0.25, -0.2) is 0 Å². The summed E-state index contributed by atoms with van der Waals surface area (Å²) in [4.78, 5) is 33.2. The zero-order valence-corrected chi connectivity index (χ0v) is 17.3. The van der Waals surface area contributed by atoms with Gasteiger partial charge in [0.15, 0.2) is 0 Å². The van der Waals surface area contributed by atoms with Crippen LogP contribution < -0.4 is 0 Å². The van der Waals surface area contributed by atoms with Gasteiger partial charge >= 0.3 is 0 Å². The average molecular weight is 415 g/mol. The van der Waals surface area contributed by atoms with Crippen molar-refractivity contribution in [2.75, 3.05) is 19.7 Å². The number of amides is 2. The Balaban J connectivity index is 1.31. The van der Waals surface area contributed by atoms with Crippen LogP contribution in [0.4, 0.5) is 0 Å². The monoisotopic (exact) mass is 415 g/mol. The summed E-state index contributed by atoms with van der Waals surface area (Å²) in [6, 6.07) is 13.2. The lowest BCUT2D eigenvalue weighted by Gasteiger charge is -2.58. The van der Waals surface area contributed by atoms with Gasteiger partial charge in [0.05, 0.1) is 31.7 Å². The Kier molecular flexibility index (Phi) is 5.21. The zero-order chi connectivity index (χ0) is 21.4. The summed E-state index contributed by atoms with van der Waals surface area (Å²) < 4.78 is 0. The summed E-state index contributed by atoms with van der Waals surface area (Å²) in [7, 11) is 0. The fraction of sp³-hybridized carbons (Fsp3) is 0.400. The standard InChI is InChI=1S/C25H25N3O3/c29-16-22-25(19-10-8-18(9-11-19)7-6-17-4-5-17)21-14-27(15-24(31)28(21)22)23(30)13-20-3-1-2-12-26-20/h1-3,8-12,17,21-22,25,29H,4-5,13-16H2/t21-,22+,25-/m1/s1. The molecule has 1 saturated carbocycles. The molecule has 3 fully saturated rings. The first-order chi connectivity index (χ1) is 15.1. The van der Waals surface area contributed by atoms with Gasteiger partial charge in [0.25, 0.3) is 0 Å². The van der Waals surface area contributed by atoms with E-state index in [0.717, 1.165) is 11.1 Å². The van der Waals surface area contributed by atoms with Crippen molar-refractivity contribution in [3.63, 3.8) is 0 Å². The fourth-order valence-electron chi connectivity index (χ4n) is 4.66. The van der Waals surface area contributed by atoms with Crippen LogP contribution in [0.3, 0.4) is 0 Å². The molecule has 0 bridgehead atoms. The highest BCUT2D eigenvalue weighted by Crippen LogP contribution is 2.43. The molecule has 1 aromatic heterocycles. The minimum absolute atomic E-state index is 0.00448. The van der Waals surface area contributed by atoms with E-state index in [1.807, 2.05) is 42.5 Å². The summed E-state index contributed by atoms with van der Waals surface area (Å²) in [6.45, 7) is 0.445. The SMILES string of the molecule is O=C(Cc1ccccn1)N1CC(=O)N2[C@H](C1)[C@@H](c1ccc(C#CC3CC3)cc1)[C@@H]2CO. The Morgan fingerprint density at radius 2 is 1.97 bits per heavy atom. The molecule has 6 nitrogen and oxygen atoms in total. The topological polar surface area (TPSA) is 73.7 Å². The predicted octanol–water partition coefficient (Wildman–Crippen LogP) is 1.58. The van der Waals surface area contributed by atoms with Crippen LogP contribution in [0.2, 0.25) is 0 Å². The number of carbonyl (C=O) groups excluding carboxylic acids is 2. The van der Waals surface area contributed by atoms with E-state index in [1.165, 1.54) is 12.8 Å². The minimum atomic E-state index is -0.242. The number of fused-ring (bicyclic) bond motifs is 1. The van der Waals surface area contributed by atoms with Crippen molar-refractivity contribution >= 4 is 11.8 Å². The maximum absolute atomic E-state index is 12.8. The van der Waals surface area contributed by atoms with Crippen LogP contribution in [0.25, 0.3) is 0 Å². The van der Waals surface area contributed by atoms with Crippen molar-refractivity contribution in [1.82, 2.24) is 14.8 Å². The third-order valence-electron chi connectivity index (χ3n) is 6.46. The van der Waals surface area contributed by atoms with Crippen molar-refractivity contribution in [1.29, 1.82) is 0 Å². The molecule has 3 heterocycles. The number of hydrogen-bond donors (Lipinski definition) is 1. The highest BCUT2D eigenvalue weighted by Gasteiger charge is 2.54. The number of aromatic nitrogens is 1. The van der Waals surface area contributed by atoms with Crippen molar-refractivity contribution in [3.05, 3.63) is 65.5 Å². The van der Waals surface area contributed by atoms with Crippen LogP contribution in [-0.2, 0) is 16.0 Å². The molecule has 1 aromatic carbocycles. The van der Waals surface area contributed by atoms with Crippen LogP contribution in [0, 0.1) is 17.8 Å².